The Hall–Kier alpha value is -2.49. The van der Waals surface area contributed by atoms with E-state index in [9.17, 15) is 14.9 Å². The van der Waals surface area contributed by atoms with Crippen molar-refractivity contribution < 1.29 is 9.72 Å². The molecule has 10 nitrogen and oxygen atoms in total. The number of piperazine rings is 1. The zero-order chi connectivity index (χ0) is 14.7. The highest BCUT2D eigenvalue weighted by Crippen LogP contribution is 2.29. The van der Waals surface area contributed by atoms with Crippen molar-refractivity contribution in [1.29, 1.82) is 0 Å². The molecule has 4 N–H and O–H groups in total. The fourth-order valence-corrected chi connectivity index (χ4v) is 2.15. The van der Waals surface area contributed by atoms with E-state index in [4.69, 9.17) is 5.84 Å². The van der Waals surface area contributed by atoms with Crippen LogP contribution in [0.4, 0.5) is 17.5 Å². The molecular formula is C10H15N7O3. The van der Waals surface area contributed by atoms with Gasteiger partial charge in [-0.05, 0) is 6.42 Å². The molecule has 10 heteroatoms. The van der Waals surface area contributed by atoms with Gasteiger partial charge in [-0.3, -0.25) is 20.3 Å². The Bertz CT molecular complexity index is 536. The number of rotatable bonds is 4. The van der Waals surface area contributed by atoms with Gasteiger partial charge in [0.1, 0.15) is 12.2 Å². The Labute approximate surface area is 114 Å². The van der Waals surface area contributed by atoms with Crippen LogP contribution < -0.4 is 21.5 Å². The monoisotopic (exact) mass is 281 g/mol. The number of nitrogen functional groups attached to an aromatic ring is 1. The molecule has 0 aromatic carbocycles. The highest BCUT2D eigenvalue weighted by Gasteiger charge is 2.33. The van der Waals surface area contributed by atoms with Crippen LogP contribution in [0.1, 0.15) is 13.3 Å². The molecular weight excluding hydrogens is 266 g/mol. The lowest BCUT2D eigenvalue weighted by Gasteiger charge is -2.34. The average Bonchev–Trinajstić information content (AvgIpc) is 2.46. The fraction of sp³-hybridized carbons (Fsp3) is 0.500. The van der Waals surface area contributed by atoms with Gasteiger partial charge in [0.25, 0.3) is 0 Å². The molecule has 1 aliphatic heterocycles. The zero-order valence-corrected chi connectivity index (χ0v) is 10.9. The Morgan fingerprint density at radius 3 is 3.05 bits per heavy atom. The normalized spacial score (nSPS) is 18.6. The third kappa shape index (κ3) is 2.45. The molecule has 0 aliphatic carbocycles. The van der Waals surface area contributed by atoms with Crippen molar-refractivity contribution in [2.45, 2.75) is 19.4 Å². The number of hydrazine groups is 1. The van der Waals surface area contributed by atoms with Crippen molar-refractivity contribution in [1.82, 2.24) is 15.3 Å². The van der Waals surface area contributed by atoms with E-state index in [1.54, 1.807) is 4.90 Å². The van der Waals surface area contributed by atoms with Crippen molar-refractivity contribution in [2.75, 3.05) is 23.4 Å². The molecule has 1 saturated heterocycles. The molecule has 0 saturated carbocycles. The number of carbonyl (C=O) groups is 1. The number of aromatic nitrogens is 2. The quantitative estimate of drug-likeness (QED) is 0.377. The maximum absolute atomic E-state index is 11.8. The highest BCUT2D eigenvalue weighted by atomic mass is 16.6. The van der Waals surface area contributed by atoms with E-state index in [2.05, 4.69) is 20.7 Å². The fourth-order valence-electron chi connectivity index (χ4n) is 2.15. The van der Waals surface area contributed by atoms with Crippen LogP contribution in [0, 0.1) is 10.1 Å². The summed E-state index contributed by atoms with van der Waals surface area (Å²) in [7, 11) is 0. The topological polar surface area (TPSA) is 139 Å². The van der Waals surface area contributed by atoms with Gasteiger partial charge in [0.05, 0.1) is 4.92 Å². The molecule has 2 rings (SSSR count). The van der Waals surface area contributed by atoms with E-state index < -0.39 is 11.0 Å². The van der Waals surface area contributed by atoms with Crippen LogP contribution in [-0.2, 0) is 4.79 Å². The predicted molar refractivity (Wildman–Crippen MR) is 70.9 cm³/mol. The van der Waals surface area contributed by atoms with Crippen LogP contribution in [-0.4, -0.2) is 39.9 Å². The lowest BCUT2D eigenvalue weighted by atomic mass is 10.1. The van der Waals surface area contributed by atoms with Crippen molar-refractivity contribution >= 4 is 23.4 Å². The number of anilines is 2. The van der Waals surface area contributed by atoms with Crippen LogP contribution in [0.25, 0.3) is 0 Å². The smallest absolute Gasteiger partial charge is 0.329 e. The van der Waals surface area contributed by atoms with Gasteiger partial charge in [0, 0.05) is 13.1 Å². The van der Waals surface area contributed by atoms with Gasteiger partial charge in [-0.1, -0.05) is 6.92 Å². The van der Waals surface area contributed by atoms with Gasteiger partial charge < -0.3 is 10.2 Å². The largest absolute Gasteiger partial charge is 0.353 e. The van der Waals surface area contributed by atoms with E-state index in [1.807, 2.05) is 6.92 Å². The van der Waals surface area contributed by atoms with Gasteiger partial charge in [0.15, 0.2) is 0 Å². The predicted octanol–water partition coefficient (Wildman–Crippen LogP) is -0.615. The highest BCUT2D eigenvalue weighted by molar-refractivity contribution is 5.87. The van der Waals surface area contributed by atoms with Crippen LogP contribution in [0.5, 0.6) is 0 Å². The minimum atomic E-state index is -0.575. The maximum atomic E-state index is 11.8. The zero-order valence-electron chi connectivity index (χ0n) is 10.9. The number of amides is 1. The summed E-state index contributed by atoms with van der Waals surface area (Å²) in [4.78, 5) is 31.7. The second-order valence-corrected chi connectivity index (χ2v) is 4.21. The van der Waals surface area contributed by atoms with Crippen molar-refractivity contribution in [3.05, 3.63) is 16.3 Å². The minimum absolute atomic E-state index is 0.0615. The van der Waals surface area contributed by atoms with Gasteiger partial charge in [-0.15, -0.1) is 0 Å². The first-order valence-corrected chi connectivity index (χ1v) is 6.10. The molecule has 2 heterocycles. The number of hydrogen-bond donors (Lipinski definition) is 3. The molecule has 0 radical (unpaired) electrons. The summed E-state index contributed by atoms with van der Waals surface area (Å²) < 4.78 is 0. The second kappa shape index (κ2) is 5.65. The minimum Gasteiger partial charge on any atom is -0.353 e. The number of nitro groups is 1. The molecule has 0 bridgehead atoms. The first-order valence-electron chi connectivity index (χ1n) is 6.10. The molecule has 108 valence electrons. The summed E-state index contributed by atoms with van der Waals surface area (Å²) in [5.74, 6) is 5.21. The van der Waals surface area contributed by atoms with Gasteiger partial charge in [-0.25, -0.2) is 10.8 Å². The molecule has 1 fully saturated rings. The number of nitrogens with one attached hydrogen (secondary N) is 2. The Kier molecular flexibility index (Phi) is 3.94. The van der Waals surface area contributed by atoms with E-state index >= 15 is 0 Å². The van der Waals surface area contributed by atoms with Gasteiger partial charge in [0.2, 0.25) is 17.7 Å². The molecule has 1 atom stereocenters. The Balaban J connectivity index is 2.47. The first-order chi connectivity index (χ1) is 9.58. The molecule has 1 unspecified atom stereocenters. The lowest BCUT2D eigenvalue weighted by molar-refractivity contribution is -0.384. The summed E-state index contributed by atoms with van der Waals surface area (Å²) in [6.07, 6.45) is 1.59. The summed E-state index contributed by atoms with van der Waals surface area (Å²) in [6.45, 7) is 2.67. The Morgan fingerprint density at radius 2 is 2.45 bits per heavy atom. The number of carbonyl (C=O) groups excluding carboxylic acids is 1. The lowest BCUT2D eigenvalue weighted by Crippen LogP contribution is -2.55. The van der Waals surface area contributed by atoms with E-state index in [1.165, 1.54) is 0 Å². The molecule has 1 aromatic heterocycles. The molecule has 1 amide bonds. The van der Waals surface area contributed by atoms with Crippen LogP contribution in [0.2, 0.25) is 0 Å². The molecule has 20 heavy (non-hydrogen) atoms. The summed E-state index contributed by atoms with van der Waals surface area (Å²) in [5.41, 5.74) is 1.99. The standard InChI is InChI=1S/C10H15N7O3/c1-2-6-9(18)12-3-4-16(6)8-7(17(19)20)5-13-10(14-8)15-11/h5-6H,2-4,11H2,1H3,(H,12,18)(H,13,14,15). The second-order valence-electron chi connectivity index (χ2n) is 4.21. The van der Waals surface area contributed by atoms with Crippen LogP contribution in [0.3, 0.4) is 0 Å². The average molecular weight is 281 g/mol. The van der Waals surface area contributed by atoms with Gasteiger partial charge >= 0.3 is 5.69 Å². The Morgan fingerprint density at radius 1 is 1.70 bits per heavy atom. The van der Waals surface area contributed by atoms with E-state index in [0.29, 0.717) is 19.5 Å². The summed E-state index contributed by atoms with van der Waals surface area (Å²) in [5, 5.41) is 13.8. The van der Waals surface area contributed by atoms with Crippen molar-refractivity contribution in [3.63, 3.8) is 0 Å². The third-order valence-corrected chi connectivity index (χ3v) is 3.07. The molecule has 0 spiro atoms. The summed E-state index contributed by atoms with van der Waals surface area (Å²) in [6, 6.07) is -0.497. The first kappa shape index (κ1) is 13.9. The number of nitrogens with zero attached hydrogens (tertiary/aromatic N) is 4. The summed E-state index contributed by atoms with van der Waals surface area (Å²) >= 11 is 0. The van der Waals surface area contributed by atoms with Crippen molar-refractivity contribution in [2.24, 2.45) is 5.84 Å². The van der Waals surface area contributed by atoms with E-state index in [-0.39, 0.29) is 23.4 Å². The van der Waals surface area contributed by atoms with Crippen LogP contribution >= 0.6 is 0 Å². The molecule has 1 aromatic rings. The van der Waals surface area contributed by atoms with Crippen molar-refractivity contribution in [3.8, 4) is 0 Å². The maximum Gasteiger partial charge on any atom is 0.329 e. The van der Waals surface area contributed by atoms with Gasteiger partial charge in [-0.2, -0.15) is 4.98 Å². The third-order valence-electron chi connectivity index (χ3n) is 3.07. The van der Waals surface area contributed by atoms with E-state index in [0.717, 1.165) is 6.20 Å². The SMILES string of the molecule is CCC1C(=O)NCCN1c1nc(NN)ncc1[N+](=O)[O-]. The number of hydrogen-bond acceptors (Lipinski definition) is 8. The number of nitrogens with two attached hydrogens (primary N) is 1. The van der Waals surface area contributed by atoms with Crippen LogP contribution in [0.15, 0.2) is 6.20 Å². The molecule has 1 aliphatic rings.